The number of imidazole rings is 1. The lowest BCUT2D eigenvalue weighted by atomic mass is 9.93. The second kappa shape index (κ2) is 12.3. The molecule has 236 valence electrons. The van der Waals surface area contributed by atoms with Crippen molar-refractivity contribution >= 4 is 40.5 Å². The van der Waals surface area contributed by atoms with Crippen molar-refractivity contribution in [1.82, 2.24) is 19.5 Å². The van der Waals surface area contributed by atoms with Gasteiger partial charge in [-0.3, -0.25) is 4.57 Å². The third kappa shape index (κ3) is 5.50. The molecule has 3 heterocycles. The topological polar surface area (TPSA) is 147 Å². The van der Waals surface area contributed by atoms with E-state index in [4.69, 9.17) is 30.5 Å². The van der Waals surface area contributed by atoms with E-state index in [1.54, 1.807) is 44.2 Å². The van der Waals surface area contributed by atoms with Crippen LogP contribution in [-0.2, 0) is 41.5 Å². The SMILES string of the molecule is CCOC(=O)C(Cc1ccccc1)(OC1[C@H]2O[C@@H](n3cnc4c(NCc5ccccc5)nc(Cl)nc43)[C@@H](F)[C@@]12O)C(=O)OCC. The number of carbonyl (C=O) groups excluding carboxylic acids is 2. The highest BCUT2D eigenvalue weighted by Gasteiger charge is 2.80. The molecule has 6 rings (SSSR count). The standard InChI is InChI=1S/C31H31ClFN5O7/c1-3-42-27(39)30(28(40)43-4-2,15-18-11-7-5-8-12-18)45-23-22-31(23,41)21(33)26(44-22)38-17-35-20-24(36-29(32)37-25(20)38)34-16-19-13-9-6-10-14-19/h5-14,17,21-23,26,41H,3-4,15-16H2,1-2H3,(H,34,36,37)/t21-,22-,23?,26-,31+/m1/s1. The molecule has 2 aromatic carbocycles. The van der Waals surface area contributed by atoms with Gasteiger partial charge in [0.1, 0.15) is 12.2 Å². The molecule has 2 fully saturated rings. The largest absolute Gasteiger partial charge is 0.463 e. The monoisotopic (exact) mass is 639 g/mol. The second-order valence-corrected chi connectivity index (χ2v) is 11.0. The Morgan fingerprint density at radius 1 is 1.04 bits per heavy atom. The Labute approximate surface area is 262 Å². The van der Waals surface area contributed by atoms with E-state index in [1.165, 1.54) is 10.9 Å². The van der Waals surface area contributed by atoms with Gasteiger partial charge in [-0.15, -0.1) is 0 Å². The summed E-state index contributed by atoms with van der Waals surface area (Å²) in [6, 6.07) is 18.2. The molecule has 2 aliphatic rings. The molecule has 2 N–H and O–H groups in total. The third-order valence-electron chi connectivity index (χ3n) is 7.86. The van der Waals surface area contributed by atoms with Gasteiger partial charge in [0.15, 0.2) is 35.0 Å². The van der Waals surface area contributed by atoms with E-state index >= 15 is 4.39 Å². The zero-order chi connectivity index (χ0) is 31.8. The van der Waals surface area contributed by atoms with Crippen molar-refractivity contribution in [3.63, 3.8) is 0 Å². The number of hydrogen-bond donors (Lipinski definition) is 2. The molecule has 1 unspecified atom stereocenters. The molecular formula is C31H31ClFN5O7. The highest BCUT2D eigenvalue weighted by atomic mass is 35.5. The number of halogens is 2. The fourth-order valence-electron chi connectivity index (χ4n) is 5.58. The molecule has 0 radical (unpaired) electrons. The minimum Gasteiger partial charge on any atom is -0.463 e. The van der Waals surface area contributed by atoms with Gasteiger partial charge in [0.25, 0.3) is 5.60 Å². The molecule has 2 aromatic heterocycles. The summed E-state index contributed by atoms with van der Waals surface area (Å²) in [4.78, 5) is 39.5. The molecule has 1 aliphatic carbocycles. The summed E-state index contributed by atoms with van der Waals surface area (Å²) in [5.41, 5.74) is -2.48. The van der Waals surface area contributed by atoms with Gasteiger partial charge in [-0.05, 0) is 36.6 Å². The van der Waals surface area contributed by atoms with Crippen LogP contribution in [0.15, 0.2) is 67.0 Å². The molecule has 12 nitrogen and oxygen atoms in total. The van der Waals surface area contributed by atoms with Crippen LogP contribution in [0.1, 0.15) is 31.2 Å². The van der Waals surface area contributed by atoms with Gasteiger partial charge in [0.2, 0.25) is 5.28 Å². The molecule has 1 saturated carbocycles. The first-order valence-electron chi connectivity index (χ1n) is 14.5. The summed E-state index contributed by atoms with van der Waals surface area (Å²) in [7, 11) is 0. The van der Waals surface area contributed by atoms with Crippen LogP contribution in [0.3, 0.4) is 0 Å². The van der Waals surface area contributed by atoms with E-state index in [2.05, 4.69) is 20.3 Å². The molecule has 1 aliphatic heterocycles. The number of nitrogens with one attached hydrogen (secondary N) is 1. The fraction of sp³-hybridized carbons (Fsp3) is 0.387. The Balaban J connectivity index is 1.26. The number of ether oxygens (including phenoxy) is 4. The van der Waals surface area contributed by atoms with Gasteiger partial charge in [-0.25, -0.2) is 19.0 Å². The van der Waals surface area contributed by atoms with E-state index in [-0.39, 0.29) is 30.6 Å². The summed E-state index contributed by atoms with van der Waals surface area (Å²) in [5, 5.41) is 14.5. The normalized spacial score (nSPS) is 23.8. The number of nitrogens with zero attached hydrogens (tertiary/aromatic N) is 4. The fourth-order valence-corrected chi connectivity index (χ4v) is 5.74. The average molecular weight is 640 g/mol. The van der Waals surface area contributed by atoms with Crippen molar-refractivity contribution in [2.75, 3.05) is 18.5 Å². The Hall–Kier alpha value is -4.17. The first-order chi connectivity index (χ1) is 21.7. The summed E-state index contributed by atoms with van der Waals surface area (Å²) < 4.78 is 40.0. The maximum atomic E-state index is 16.2. The van der Waals surface area contributed by atoms with Crippen LogP contribution in [0.2, 0.25) is 5.28 Å². The maximum Gasteiger partial charge on any atom is 0.350 e. The van der Waals surface area contributed by atoms with E-state index in [1.807, 2.05) is 30.3 Å². The quantitative estimate of drug-likeness (QED) is 0.133. The Kier molecular flexibility index (Phi) is 8.44. The second-order valence-electron chi connectivity index (χ2n) is 10.7. The van der Waals surface area contributed by atoms with E-state index < -0.39 is 47.7 Å². The van der Waals surface area contributed by atoms with Gasteiger partial charge in [-0.1, -0.05) is 60.7 Å². The first-order valence-corrected chi connectivity index (χ1v) is 14.9. The predicted octanol–water partition coefficient (Wildman–Crippen LogP) is 3.56. The Morgan fingerprint density at radius 3 is 2.24 bits per heavy atom. The van der Waals surface area contributed by atoms with E-state index in [0.29, 0.717) is 23.4 Å². The summed E-state index contributed by atoms with van der Waals surface area (Å²) in [6.45, 7) is 3.47. The number of anilines is 1. The number of alkyl halides is 1. The highest BCUT2D eigenvalue weighted by Crippen LogP contribution is 2.58. The molecule has 4 aromatic rings. The van der Waals surface area contributed by atoms with Gasteiger partial charge in [-0.2, -0.15) is 9.97 Å². The summed E-state index contributed by atoms with van der Waals surface area (Å²) in [6.07, 6.45) is -5.02. The molecule has 0 spiro atoms. The van der Waals surface area contributed by atoms with Crippen molar-refractivity contribution in [1.29, 1.82) is 0 Å². The number of hydrogen-bond acceptors (Lipinski definition) is 11. The number of esters is 2. The van der Waals surface area contributed by atoms with Crippen LogP contribution < -0.4 is 5.32 Å². The zero-order valence-corrected chi connectivity index (χ0v) is 25.2. The van der Waals surface area contributed by atoms with Crippen LogP contribution in [-0.4, -0.2) is 79.4 Å². The molecule has 45 heavy (non-hydrogen) atoms. The zero-order valence-electron chi connectivity index (χ0n) is 24.4. The smallest absolute Gasteiger partial charge is 0.350 e. The van der Waals surface area contributed by atoms with Crippen molar-refractivity contribution < 1.29 is 38.0 Å². The van der Waals surface area contributed by atoms with Gasteiger partial charge in [0.05, 0.1) is 19.5 Å². The minimum absolute atomic E-state index is 0.0544. The van der Waals surface area contributed by atoms with Crippen molar-refractivity contribution in [3.8, 4) is 0 Å². The third-order valence-corrected chi connectivity index (χ3v) is 8.03. The highest BCUT2D eigenvalue weighted by molar-refractivity contribution is 6.28. The molecule has 1 saturated heterocycles. The number of carbonyl (C=O) groups is 2. The summed E-state index contributed by atoms with van der Waals surface area (Å²) in [5.74, 6) is -1.70. The molecule has 14 heteroatoms. The van der Waals surface area contributed by atoms with Gasteiger partial charge in [0, 0.05) is 13.0 Å². The van der Waals surface area contributed by atoms with Crippen molar-refractivity contribution in [3.05, 3.63) is 83.4 Å². The Bertz CT molecular complexity index is 1680. The average Bonchev–Trinajstić information content (AvgIpc) is 3.26. The number of aliphatic hydroxyl groups is 1. The minimum atomic E-state index is -2.32. The first kappa shape index (κ1) is 30.8. The number of aromatic nitrogens is 4. The molecule has 0 bridgehead atoms. The molecule has 5 atom stereocenters. The van der Waals surface area contributed by atoms with Crippen molar-refractivity contribution in [2.24, 2.45) is 0 Å². The number of benzene rings is 2. The van der Waals surface area contributed by atoms with Crippen LogP contribution in [0, 0.1) is 0 Å². The van der Waals surface area contributed by atoms with E-state index in [0.717, 1.165) is 5.56 Å². The van der Waals surface area contributed by atoms with Crippen LogP contribution in [0.4, 0.5) is 10.2 Å². The van der Waals surface area contributed by atoms with Crippen LogP contribution in [0.25, 0.3) is 11.2 Å². The lowest BCUT2D eigenvalue weighted by Crippen LogP contribution is -2.55. The van der Waals surface area contributed by atoms with Crippen LogP contribution in [0.5, 0.6) is 0 Å². The lowest BCUT2D eigenvalue weighted by molar-refractivity contribution is -0.201. The lowest BCUT2D eigenvalue weighted by Gasteiger charge is -2.31. The van der Waals surface area contributed by atoms with Crippen LogP contribution >= 0.6 is 11.6 Å². The number of rotatable bonds is 12. The number of fused-ring (bicyclic) bond motifs is 2. The predicted molar refractivity (Wildman–Crippen MR) is 159 cm³/mol. The molecular weight excluding hydrogens is 609 g/mol. The summed E-state index contributed by atoms with van der Waals surface area (Å²) >= 11 is 6.22. The van der Waals surface area contributed by atoms with Gasteiger partial charge >= 0.3 is 11.9 Å². The maximum absolute atomic E-state index is 16.2. The van der Waals surface area contributed by atoms with Crippen molar-refractivity contribution in [2.45, 2.75) is 62.6 Å². The van der Waals surface area contributed by atoms with Gasteiger partial charge < -0.3 is 29.4 Å². The Morgan fingerprint density at radius 2 is 1.67 bits per heavy atom. The molecule has 0 amide bonds. The van der Waals surface area contributed by atoms with E-state index in [9.17, 15) is 14.7 Å².